The molecule has 0 aromatic heterocycles. The van der Waals surface area contributed by atoms with Gasteiger partial charge in [-0.3, -0.25) is 4.79 Å². The summed E-state index contributed by atoms with van der Waals surface area (Å²) in [6.07, 6.45) is 7.48. The van der Waals surface area contributed by atoms with Crippen molar-refractivity contribution >= 4 is 5.91 Å². The molecule has 1 saturated carbocycles. The van der Waals surface area contributed by atoms with E-state index >= 15 is 0 Å². The van der Waals surface area contributed by atoms with Crippen LogP contribution in [0.5, 0.6) is 0 Å². The maximum absolute atomic E-state index is 12.6. The van der Waals surface area contributed by atoms with E-state index in [2.05, 4.69) is 25.7 Å². The van der Waals surface area contributed by atoms with Crippen molar-refractivity contribution in [2.24, 2.45) is 17.6 Å². The third-order valence-electron chi connectivity index (χ3n) is 5.27. The van der Waals surface area contributed by atoms with Crippen LogP contribution >= 0.6 is 0 Å². The quantitative estimate of drug-likeness (QED) is 0.835. The smallest absolute Gasteiger partial charge is 0.224 e. The molecule has 3 atom stereocenters. The van der Waals surface area contributed by atoms with Crippen LogP contribution in [0.3, 0.4) is 0 Å². The second-order valence-corrected chi connectivity index (χ2v) is 7.20. The third-order valence-corrected chi connectivity index (χ3v) is 5.27. The van der Waals surface area contributed by atoms with Crippen molar-refractivity contribution in [3.8, 4) is 0 Å². The van der Waals surface area contributed by atoms with Crippen LogP contribution in [0.2, 0.25) is 0 Å². The minimum Gasteiger partial charge on any atom is -0.339 e. The van der Waals surface area contributed by atoms with Crippen molar-refractivity contribution in [2.45, 2.75) is 77.3 Å². The van der Waals surface area contributed by atoms with Gasteiger partial charge in [-0.15, -0.1) is 0 Å². The predicted molar refractivity (Wildman–Crippen MR) is 78.7 cm³/mol. The molecular weight excluding hydrogens is 236 g/mol. The summed E-state index contributed by atoms with van der Waals surface area (Å²) in [5, 5.41) is 0. The number of likely N-dealkylation sites (tertiary alicyclic amines) is 1. The first kappa shape index (κ1) is 14.8. The number of hydrogen-bond donors (Lipinski definition) is 1. The summed E-state index contributed by atoms with van der Waals surface area (Å²) in [6.45, 7) is 7.62. The van der Waals surface area contributed by atoms with E-state index in [-0.39, 0.29) is 11.4 Å². The molecule has 0 bridgehead atoms. The SMILES string of the molecule is CC1CC(C)C(C)N(C(=O)CC2(N)CCCCC2)C1. The maximum atomic E-state index is 12.6. The molecule has 3 heteroatoms. The zero-order valence-electron chi connectivity index (χ0n) is 12.8. The number of carbonyl (C=O) groups excluding carboxylic acids is 1. The molecule has 2 fully saturated rings. The fourth-order valence-corrected chi connectivity index (χ4v) is 3.88. The third kappa shape index (κ3) is 3.50. The van der Waals surface area contributed by atoms with E-state index in [4.69, 9.17) is 5.73 Å². The molecule has 0 radical (unpaired) electrons. The Bertz CT molecular complexity index is 323. The normalized spacial score (nSPS) is 35.2. The van der Waals surface area contributed by atoms with Crippen LogP contribution in [-0.2, 0) is 4.79 Å². The Hall–Kier alpha value is -0.570. The van der Waals surface area contributed by atoms with Gasteiger partial charge in [-0.1, -0.05) is 33.1 Å². The van der Waals surface area contributed by atoms with Crippen LogP contribution in [-0.4, -0.2) is 28.9 Å². The van der Waals surface area contributed by atoms with Gasteiger partial charge in [0.15, 0.2) is 0 Å². The monoisotopic (exact) mass is 266 g/mol. The highest BCUT2D eigenvalue weighted by Crippen LogP contribution is 2.32. The Labute approximate surface area is 117 Å². The van der Waals surface area contributed by atoms with Gasteiger partial charge in [-0.2, -0.15) is 0 Å². The Morgan fingerprint density at radius 1 is 1.21 bits per heavy atom. The van der Waals surface area contributed by atoms with Crippen molar-refractivity contribution in [1.82, 2.24) is 4.90 Å². The Balaban J connectivity index is 1.98. The summed E-state index contributed by atoms with van der Waals surface area (Å²) >= 11 is 0. The first-order valence-corrected chi connectivity index (χ1v) is 8.00. The lowest BCUT2D eigenvalue weighted by molar-refractivity contribution is -0.138. The molecule has 1 heterocycles. The summed E-state index contributed by atoms with van der Waals surface area (Å²) in [5.74, 6) is 1.51. The molecule has 2 rings (SSSR count). The van der Waals surface area contributed by atoms with Crippen LogP contribution in [0.1, 0.15) is 65.7 Å². The van der Waals surface area contributed by atoms with Gasteiger partial charge in [-0.05, 0) is 38.0 Å². The molecule has 1 aliphatic carbocycles. The minimum atomic E-state index is -0.223. The highest BCUT2D eigenvalue weighted by molar-refractivity contribution is 5.78. The fourth-order valence-electron chi connectivity index (χ4n) is 3.88. The van der Waals surface area contributed by atoms with Gasteiger partial charge in [0, 0.05) is 24.5 Å². The van der Waals surface area contributed by atoms with Crippen molar-refractivity contribution in [1.29, 1.82) is 0 Å². The molecule has 19 heavy (non-hydrogen) atoms. The van der Waals surface area contributed by atoms with Crippen molar-refractivity contribution in [3.63, 3.8) is 0 Å². The topological polar surface area (TPSA) is 46.3 Å². The van der Waals surface area contributed by atoms with E-state index in [0.29, 0.717) is 24.3 Å². The molecule has 1 saturated heterocycles. The lowest BCUT2D eigenvalue weighted by Gasteiger charge is -2.43. The van der Waals surface area contributed by atoms with Gasteiger partial charge in [0.2, 0.25) is 5.91 Å². The molecule has 0 aromatic carbocycles. The lowest BCUT2D eigenvalue weighted by Crippen LogP contribution is -2.53. The first-order chi connectivity index (χ1) is 8.91. The van der Waals surface area contributed by atoms with Gasteiger partial charge >= 0.3 is 0 Å². The average Bonchev–Trinajstić information content (AvgIpc) is 2.34. The van der Waals surface area contributed by atoms with E-state index in [0.717, 1.165) is 19.4 Å². The summed E-state index contributed by atoms with van der Waals surface area (Å²) in [7, 11) is 0. The highest BCUT2D eigenvalue weighted by Gasteiger charge is 2.36. The van der Waals surface area contributed by atoms with E-state index in [1.807, 2.05) is 0 Å². The molecule has 1 aliphatic heterocycles. The number of amides is 1. The molecule has 1 amide bonds. The summed E-state index contributed by atoms with van der Waals surface area (Å²) in [5.41, 5.74) is 6.21. The number of piperidine rings is 1. The first-order valence-electron chi connectivity index (χ1n) is 8.00. The van der Waals surface area contributed by atoms with Crippen LogP contribution in [0.15, 0.2) is 0 Å². The Morgan fingerprint density at radius 2 is 1.84 bits per heavy atom. The average molecular weight is 266 g/mol. The van der Waals surface area contributed by atoms with E-state index in [1.165, 1.54) is 25.7 Å². The minimum absolute atomic E-state index is 0.223. The molecule has 0 aromatic rings. The molecule has 2 N–H and O–H groups in total. The predicted octanol–water partition coefficient (Wildman–Crippen LogP) is 2.93. The Morgan fingerprint density at radius 3 is 2.47 bits per heavy atom. The summed E-state index contributed by atoms with van der Waals surface area (Å²) < 4.78 is 0. The van der Waals surface area contributed by atoms with Crippen molar-refractivity contribution in [2.75, 3.05) is 6.54 Å². The zero-order valence-corrected chi connectivity index (χ0v) is 12.8. The van der Waals surface area contributed by atoms with Crippen LogP contribution in [0.25, 0.3) is 0 Å². The van der Waals surface area contributed by atoms with Gasteiger partial charge in [-0.25, -0.2) is 0 Å². The van der Waals surface area contributed by atoms with E-state index in [9.17, 15) is 4.79 Å². The second kappa shape index (κ2) is 5.82. The summed E-state index contributed by atoms with van der Waals surface area (Å²) in [6, 6.07) is 0.371. The van der Waals surface area contributed by atoms with Crippen molar-refractivity contribution < 1.29 is 4.79 Å². The molecule has 3 unspecified atom stereocenters. The van der Waals surface area contributed by atoms with Gasteiger partial charge in [0.25, 0.3) is 0 Å². The second-order valence-electron chi connectivity index (χ2n) is 7.20. The fraction of sp³-hybridized carbons (Fsp3) is 0.938. The van der Waals surface area contributed by atoms with E-state index in [1.54, 1.807) is 0 Å². The number of rotatable bonds is 2. The Kier molecular flexibility index (Phi) is 4.54. The number of nitrogens with two attached hydrogens (primary N) is 1. The number of nitrogens with zero attached hydrogens (tertiary/aromatic N) is 1. The maximum Gasteiger partial charge on any atom is 0.224 e. The lowest BCUT2D eigenvalue weighted by atomic mass is 9.79. The largest absolute Gasteiger partial charge is 0.339 e. The number of carbonyl (C=O) groups is 1. The standard InChI is InChI=1S/C16H30N2O/c1-12-9-13(2)14(3)18(11-12)15(19)10-16(17)7-5-4-6-8-16/h12-14H,4-11,17H2,1-3H3. The van der Waals surface area contributed by atoms with Gasteiger partial charge < -0.3 is 10.6 Å². The summed E-state index contributed by atoms with van der Waals surface area (Å²) in [4.78, 5) is 14.7. The van der Waals surface area contributed by atoms with Crippen LogP contribution in [0.4, 0.5) is 0 Å². The zero-order chi connectivity index (χ0) is 14.0. The van der Waals surface area contributed by atoms with Gasteiger partial charge in [0.05, 0.1) is 0 Å². The molecular formula is C16H30N2O. The van der Waals surface area contributed by atoms with Crippen LogP contribution in [0, 0.1) is 11.8 Å². The van der Waals surface area contributed by atoms with Gasteiger partial charge in [0.1, 0.15) is 0 Å². The van der Waals surface area contributed by atoms with Crippen LogP contribution < -0.4 is 5.73 Å². The highest BCUT2D eigenvalue weighted by atomic mass is 16.2. The van der Waals surface area contributed by atoms with Crippen molar-refractivity contribution in [3.05, 3.63) is 0 Å². The molecule has 0 spiro atoms. The van der Waals surface area contributed by atoms with E-state index < -0.39 is 0 Å². The number of hydrogen-bond acceptors (Lipinski definition) is 2. The molecule has 2 aliphatic rings. The molecule has 3 nitrogen and oxygen atoms in total. The molecule has 110 valence electrons.